The molecule has 0 atom stereocenters. The minimum atomic E-state index is -0.637. The summed E-state index contributed by atoms with van der Waals surface area (Å²) in [5.74, 6) is -1.15. The van der Waals surface area contributed by atoms with Gasteiger partial charge in [0.15, 0.2) is 11.1 Å². The van der Waals surface area contributed by atoms with Crippen molar-refractivity contribution in [3.05, 3.63) is 69.7 Å². The molecule has 136 valence electrons. The molecule has 4 rings (SSSR count). The molecule has 3 aromatic heterocycles. The summed E-state index contributed by atoms with van der Waals surface area (Å²) < 4.78 is 29.2. The monoisotopic (exact) mass is 406 g/mol. The summed E-state index contributed by atoms with van der Waals surface area (Å²) in [5.41, 5.74) is 1.08. The van der Waals surface area contributed by atoms with Crippen LogP contribution in [0.25, 0.3) is 22.6 Å². The van der Waals surface area contributed by atoms with Gasteiger partial charge >= 0.3 is 0 Å². The maximum atomic E-state index is 14.1. The fourth-order valence-electron chi connectivity index (χ4n) is 2.67. The third-order valence-electron chi connectivity index (χ3n) is 3.98. The van der Waals surface area contributed by atoms with Crippen LogP contribution in [0.15, 0.2) is 36.9 Å². The van der Waals surface area contributed by atoms with Crippen molar-refractivity contribution in [1.82, 2.24) is 24.5 Å². The number of halogens is 4. The van der Waals surface area contributed by atoms with Crippen molar-refractivity contribution in [2.75, 3.05) is 0 Å². The molecule has 0 radical (unpaired) electrons. The highest BCUT2D eigenvalue weighted by Crippen LogP contribution is 2.26. The van der Waals surface area contributed by atoms with Crippen LogP contribution in [0.4, 0.5) is 8.78 Å². The number of benzene rings is 1. The Morgan fingerprint density at radius 2 is 1.89 bits per heavy atom. The van der Waals surface area contributed by atoms with E-state index in [0.717, 1.165) is 18.2 Å². The summed E-state index contributed by atoms with van der Waals surface area (Å²) in [7, 11) is 0. The van der Waals surface area contributed by atoms with Gasteiger partial charge in [-0.3, -0.25) is 10.4 Å². The van der Waals surface area contributed by atoms with Gasteiger partial charge in [-0.1, -0.05) is 23.2 Å². The van der Waals surface area contributed by atoms with Crippen LogP contribution in [0, 0.1) is 17.0 Å². The highest BCUT2D eigenvalue weighted by molar-refractivity contribution is 6.35. The molecular weight excluding hydrogens is 397 g/mol. The molecule has 1 aromatic carbocycles. The zero-order valence-corrected chi connectivity index (χ0v) is 15.0. The minimum Gasteiger partial charge on any atom is -0.333 e. The third-order valence-corrected chi connectivity index (χ3v) is 4.64. The average Bonchev–Trinajstić information content (AvgIpc) is 3.08. The number of aromatic nitrogens is 5. The summed E-state index contributed by atoms with van der Waals surface area (Å²) in [6.07, 6.45) is 4.33. The largest absolute Gasteiger partial charge is 0.333 e. The van der Waals surface area contributed by atoms with Crippen LogP contribution < -0.4 is 5.49 Å². The zero-order chi connectivity index (χ0) is 19.1. The maximum Gasteiger partial charge on any atom is 0.173 e. The van der Waals surface area contributed by atoms with Crippen LogP contribution in [0.3, 0.4) is 0 Å². The lowest BCUT2D eigenvalue weighted by atomic mass is 10.2. The van der Waals surface area contributed by atoms with Crippen molar-refractivity contribution < 1.29 is 8.78 Å². The van der Waals surface area contributed by atoms with Gasteiger partial charge in [-0.05, 0) is 18.2 Å². The predicted octanol–water partition coefficient (Wildman–Crippen LogP) is 3.93. The number of nitrogens with zero attached hydrogens (tertiary/aromatic N) is 4. The highest BCUT2D eigenvalue weighted by atomic mass is 35.5. The van der Waals surface area contributed by atoms with E-state index in [4.69, 9.17) is 28.6 Å². The SMILES string of the molecule is N=c1ncn(Cc2c(Cl)cncc2Cl)c2nc(-c3cc(F)ccc3F)[nH]c12. The Hall–Kier alpha value is -2.84. The lowest BCUT2D eigenvalue weighted by Gasteiger charge is -2.09. The van der Waals surface area contributed by atoms with E-state index in [1.54, 1.807) is 4.57 Å². The molecule has 2 N–H and O–H groups in total. The van der Waals surface area contributed by atoms with Crippen molar-refractivity contribution in [2.24, 2.45) is 0 Å². The Morgan fingerprint density at radius 1 is 1.15 bits per heavy atom. The van der Waals surface area contributed by atoms with E-state index in [-0.39, 0.29) is 28.9 Å². The van der Waals surface area contributed by atoms with Gasteiger partial charge in [0.05, 0.1) is 28.5 Å². The Balaban J connectivity index is 1.89. The van der Waals surface area contributed by atoms with Crippen molar-refractivity contribution in [2.45, 2.75) is 6.54 Å². The molecule has 0 saturated carbocycles. The number of rotatable bonds is 3. The minimum absolute atomic E-state index is 0.0443. The molecule has 0 aliphatic heterocycles. The number of imidazole rings is 1. The molecule has 0 aliphatic rings. The van der Waals surface area contributed by atoms with Gasteiger partial charge in [-0.25, -0.2) is 18.7 Å². The lowest BCUT2D eigenvalue weighted by Crippen LogP contribution is -2.13. The van der Waals surface area contributed by atoms with Gasteiger partial charge in [-0.15, -0.1) is 0 Å². The van der Waals surface area contributed by atoms with E-state index in [0.29, 0.717) is 21.3 Å². The van der Waals surface area contributed by atoms with Gasteiger partial charge < -0.3 is 9.55 Å². The first-order chi connectivity index (χ1) is 12.9. The Kier molecular flexibility index (Phi) is 4.37. The molecule has 0 fully saturated rings. The van der Waals surface area contributed by atoms with Crippen LogP contribution in [-0.2, 0) is 6.54 Å². The molecule has 3 heterocycles. The molecule has 0 aliphatic carbocycles. The van der Waals surface area contributed by atoms with E-state index >= 15 is 0 Å². The number of pyridine rings is 1. The van der Waals surface area contributed by atoms with Crippen LogP contribution >= 0.6 is 23.2 Å². The van der Waals surface area contributed by atoms with Crippen LogP contribution in [0.5, 0.6) is 0 Å². The quantitative estimate of drug-likeness (QED) is 0.540. The Morgan fingerprint density at radius 3 is 2.63 bits per heavy atom. The second-order valence-corrected chi connectivity index (χ2v) is 6.53. The lowest BCUT2D eigenvalue weighted by molar-refractivity contribution is 0.602. The van der Waals surface area contributed by atoms with E-state index in [9.17, 15) is 8.78 Å². The molecule has 0 saturated heterocycles. The number of hydrogen-bond acceptors (Lipinski definition) is 4. The number of aromatic amines is 1. The van der Waals surface area contributed by atoms with Gasteiger partial charge in [0, 0.05) is 18.0 Å². The standard InChI is InChI=1S/C17H10Cl2F2N6/c18-11-4-23-5-12(19)10(11)6-27-7-24-15(22)14-17(27)26-16(25-14)9-3-8(20)1-2-13(9)21/h1-5,7,22H,6H2,(H,25,26). The summed E-state index contributed by atoms with van der Waals surface area (Å²) in [6.45, 7) is 0.208. The molecule has 0 amide bonds. The van der Waals surface area contributed by atoms with Crippen LogP contribution in [-0.4, -0.2) is 24.5 Å². The van der Waals surface area contributed by atoms with E-state index in [1.165, 1.54) is 18.7 Å². The first-order valence-electron chi connectivity index (χ1n) is 7.67. The van der Waals surface area contributed by atoms with Crippen molar-refractivity contribution >= 4 is 34.4 Å². The number of hydrogen-bond donors (Lipinski definition) is 2. The molecule has 10 heteroatoms. The van der Waals surface area contributed by atoms with Gasteiger partial charge in [0.1, 0.15) is 23.0 Å². The smallest absolute Gasteiger partial charge is 0.173 e. The van der Waals surface area contributed by atoms with Crippen LogP contribution in [0.2, 0.25) is 10.0 Å². The van der Waals surface area contributed by atoms with E-state index < -0.39 is 11.6 Å². The second-order valence-electron chi connectivity index (χ2n) is 5.71. The van der Waals surface area contributed by atoms with Gasteiger partial charge in [0.25, 0.3) is 0 Å². The highest BCUT2D eigenvalue weighted by Gasteiger charge is 2.16. The zero-order valence-electron chi connectivity index (χ0n) is 13.5. The van der Waals surface area contributed by atoms with Crippen molar-refractivity contribution in [3.63, 3.8) is 0 Å². The summed E-state index contributed by atoms with van der Waals surface area (Å²) >= 11 is 12.3. The van der Waals surface area contributed by atoms with Crippen molar-refractivity contribution in [3.8, 4) is 11.4 Å². The van der Waals surface area contributed by atoms with Gasteiger partial charge in [0.2, 0.25) is 0 Å². The third kappa shape index (κ3) is 3.17. The Bertz CT molecular complexity index is 1210. The number of nitrogens with one attached hydrogen (secondary N) is 2. The van der Waals surface area contributed by atoms with Crippen molar-refractivity contribution in [1.29, 1.82) is 5.41 Å². The molecule has 4 aromatic rings. The fraction of sp³-hybridized carbons (Fsp3) is 0.0588. The normalized spacial score (nSPS) is 11.3. The molecule has 27 heavy (non-hydrogen) atoms. The van der Waals surface area contributed by atoms with E-state index in [2.05, 4.69) is 19.9 Å². The topological polar surface area (TPSA) is 83.2 Å². The summed E-state index contributed by atoms with van der Waals surface area (Å²) in [4.78, 5) is 15.1. The van der Waals surface area contributed by atoms with E-state index in [1.807, 2.05) is 0 Å². The average molecular weight is 407 g/mol. The van der Waals surface area contributed by atoms with Crippen LogP contribution in [0.1, 0.15) is 5.56 Å². The Labute approximate surface area is 161 Å². The summed E-state index contributed by atoms with van der Waals surface area (Å²) in [5, 5.41) is 8.70. The summed E-state index contributed by atoms with van der Waals surface area (Å²) in [6, 6.07) is 3.07. The molecule has 6 nitrogen and oxygen atoms in total. The molecule has 0 spiro atoms. The first-order valence-corrected chi connectivity index (χ1v) is 8.42. The maximum absolute atomic E-state index is 14.1. The molecule has 0 bridgehead atoms. The molecular formula is C17H10Cl2F2N6. The predicted molar refractivity (Wildman–Crippen MR) is 96.4 cm³/mol. The number of H-pyrrole nitrogens is 1. The number of fused-ring (bicyclic) bond motifs is 1. The molecule has 0 unspecified atom stereocenters. The van der Waals surface area contributed by atoms with Gasteiger partial charge in [-0.2, -0.15) is 0 Å². The fourth-order valence-corrected chi connectivity index (χ4v) is 3.15. The second kappa shape index (κ2) is 6.71. The first kappa shape index (κ1) is 17.6.